The molecule has 0 aliphatic carbocycles. The fraction of sp³-hybridized carbons (Fsp3) is 1.00. The Hall–Kier alpha value is 0.217. The van der Waals surface area contributed by atoms with Crippen molar-refractivity contribution in [2.75, 3.05) is 0 Å². The third-order valence-electron chi connectivity index (χ3n) is 4.80. The van der Waals surface area contributed by atoms with E-state index in [0.717, 1.165) is 5.04 Å². The van der Waals surface area contributed by atoms with E-state index in [2.05, 4.69) is 27.3 Å². The summed E-state index contributed by atoms with van der Waals surface area (Å²) in [4.78, 5) is 0. The molecule has 0 aromatic carbocycles. The Labute approximate surface area is 78.8 Å². The zero-order valence-electron chi connectivity index (χ0n) is 9.24. The maximum atomic E-state index is 2.65. The second-order valence-electron chi connectivity index (χ2n) is 4.76. The van der Waals surface area contributed by atoms with Crippen LogP contribution in [0.3, 0.4) is 0 Å². The van der Waals surface area contributed by atoms with Gasteiger partial charge in [-0.1, -0.05) is 65.1 Å². The van der Waals surface area contributed by atoms with E-state index in [1.54, 1.807) is 6.04 Å². The first-order valence-electron chi connectivity index (χ1n) is 5.64. The Morgan fingerprint density at radius 1 is 1.17 bits per heavy atom. The molecule has 0 bridgehead atoms. The van der Waals surface area contributed by atoms with E-state index in [1.165, 1.54) is 31.7 Å². The van der Waals surface area contributed by atoms with Gasteiger partial charge in [0.25, 0.3) is 0 Å². The van der Waals surface area contributed by atoms with Gasteiger partial charge in [0.2, 0.25) is 0 Å². The minimum Gasteiger partial charge on any atom is -0.0688 e. The third-order valence-corrected chi connectivity index (χ3v) is 11.3. The smallest absolute Gasteiger partial charge is 0.0564 e. The van der Waals surface area contributed by atoms with E-state index in [-0.39, 0.29) is 0 Å². The van der Waals surface area contributed by atoms with Crippen LogP contribution in [0.2, 0.25) is 23.7 Å². The molecule has 1 saturated heterocycles. The fourth-order valence-electron chi connectivity index (χ4n) is 3.39. The first-order valence-corrected chi connectivity index (χ1v) is 8.55. The van der Waals surface area contributed by atoms with E-state index in [0.29, 0.717) is 0 Å². The van der Waals surface area contributed by atoms with E-state index in [1.807, 2.05) is 0 Å². The monoisotopic (exact) mass is 184 g/mol. The molecule has 0 aromatic rings. The van der Waals surface area contributed by atoms with Gasteiger partial charge in [-0.3, -0.25) is 0 Å². The van der Waals surface area contributed by atoms with Crippen LogP contribution in [-0.4, -0.2) is 8.07 Å². The normalized spacial score (nSPS) is 34.0. The maximum absolute atomic E-state index is 2.65. The van der Waals surface area contributed by atoms with Crippen molar-refractivity contribution in [3.63, 3.8) is 0 Å². The van der Waals surface area contributed by atoms with Gasteiger partial charge in [0.1, 0.15) is 0 Å². The lowest BCUT2D eigenvalue weighted by Crippen LogP contribution is -2.39. The molecule has 0 nitrogen and oxygen atoms in total. The molecule has 1 aliphatic rings. The van der Waals surface area contributed by atoms with Gasteiger partial charge in [-0.25, -0.2) is 0 Å². The van der Waals surface area contributed by atoms with Crippen LogP contribution >= 0.6 is 0 Å². The van der Waals surface area contributed by atoms with Gasteiger partial charge in [0.05, 0.1) is 8.07 Å². The standard InChI is InChI=1S/C11H24Si/c1-5-11(6-2)9-8-10-12(11,4)7-3/h5-10H2,1-4H3. The minimum absolute atomic E-state index is 0.821. The van der Waals surface area contributed by atoms with Crippen molar-refractivity contribution in [3.05, 3.63) is 0 Å². The molecule has 0 aromatic heterocycles. The summed E-state index contributed by atoms with van der Waals surface area (Å²) in [6.45, 7) is 9.90. The van der Waals surface area contributed by atoms with Gasteiger partial charge < -0.3 is 0 Å². The summed E-state index contributed by atoms with van der Waals surface area (Å²) in [5.74, 6) is 0. The van der Waals surface area contributed by atoms with Gasteiger partial charge in [0, 0.05) is 0 Å². The van der Waals surface area contributed by atoms with Crippen molar-refractivity contribution >= 4 is 8.07 Å². The SMILES string of the molecule is CCC1(CC)CCC[Si]1(C)CC. The molecule has 0 radical (unpaired) electrons. The van der Waals surface area contributed by atoms with E-state index in [9.17, 15) is 0 Å². The maximum Gasteiger partial charge on any atom is 0.0564 e. The van der Waals surface area contributed by atoms with Crippen molar-refractivity contribution in [3.8, 4) is 0 Å². The Morgan fingerprint density at radius 3 is 2.08 bits per heavy atom. The molecule has 1 heteroatoms. The molecule has 0 spiro atoms. The van der Waals surface area contributed by atoms with Crippen LogP contribution in [0.1, 0.15) is 46.5 Å². The summed E-state index contributed by atoms with van der Waals surface area (Å²) in [6, 6.07) is 3.11. The zero-order chi connectivity index (χ0) is 9.24. The van der Waals surface area contributed by atoms with Crippen molar-refractivity contribution in [1.82, 2.24) is 0 Å². The summed E-state index contributed by atoms with van der Waals surface area (Å²) in [5.41, 5.74) is 0. The van der Waals surface area contributed by atoms with E-state index >= 15 is 0 Å². The van der Waals surface area contributed by atoms with Crippen molar-refractivity contribution < 1.29 is 0 Å². The van der Waals surface area contributed by atoms with Gasteiger partial charge in [-0.05, 0) is 5.04 Å². The highest BCUT2D eigenvalue weighted by Gasteiger charge is 2.49. The molecular formula is C11H24Si. The molecule has 0 amide bonds. The average molecular weight is 184 g/mol. The molecule has 1 heterocycles. The Balaban J connectivity index is 2.85. The van der Waals surface area contributed by atoms with Gasteiger partial charge in [-0.2, -0.15) is 0 Å². The highest BCUT2D eigenvalue weighted by molar-refractivity contribution is 6.82. The van der Waals surface area contributed by atoms with Crippen LogP contribution in [0, 0.1) is 0 Å². The molecule has 1 fully saturated rings. The van der Waals surface area contributed by atoms with E-state index in [4.69, 9.17) is 0 Å². The first kappa shape index (κ1) is 10.3. The molecule has 1 rings (SSSR count). The minimum atomic E-state index is -0.840. The van der Waals surface area contributed by atoms with Gasteiger partial charge >= 0.3 is 0 Å². The quantitative estimate of drug-likeness (QED) is 0.569. The van der Waals surface area contributed by atoms with Crippen LogP contribution in [0.5, 0.6) is 0 Å². The molecule has 12 heavy (non-hydrogen) atoms. The molecule has 1 unspecified atom stereocenters. The second kappa shape index (κ2) is 3.53. The number of rotatable bonds is 3. The summed E-state index contributed by atoms with van der Waals surface area (Å²) in [6.07, 6.45) is 5.95. The van der Waals surface area contributed by atoms with Crippen LogP contribution in [0.4, 0.5) is 0 Å². The molecule has 1 aliphatic heterocycles. The van der Waals surface area contributed by atoms with Crippen molar-refractivity contribution in [2.24, 2.45) is 0 Å². The lowest BCUT2D eigenvalue weighted by molar-refractivity contribution is 0.484. The largest absolute Gasteiger partial charge is 0.0688 e. The highest BCUT2D eigenvalue weighted by atomic mass is 28.3. The van der Waals surface area contributed by atoms with Crippen LogP contribution in [0.25, 0.3) is 0 Å². The molecular weight excluding hydrogens is 160 g/mol. The lowest BCUT2D eigenvalue weighted by atomic mass is 9.97. The van der Waals surface area contributed by atoms with Crippen LogP contribution < -0.4 is 0 Å². The summed E-state index contributed by atoms with van der Waals surface area (Å²) in [5, 5.41) is 0.821. The second-order valence-corrected chi connectivity index (χ2v) is 10.1. The third kappa shape index (κ3) is 1.26. The number of hydrogen-bond acceptors (Lipinski definition) is 0. The highest BCUT2D eigenvalue weighted by Crippen LogP contribution is 2.57. The van der Waals surface area contributed by atoms with Gasteiger partial charge in [-0.15, -0.1) is 0 Å². The van der Waals surface area contributed by atoms with Gasteiger partial charge in [0.15, 0.2) is 0 Å². The fourth-order valence-corrected chi connectivity index (χ4v) is 8.47. The lowest BCUT2D eigenvalue weighted by Gasteiger charge is -2.41. The predicted molar refractivity (Wildman–Crippen MR) is 59.4 cm³/mol. The van der Waals surface area contributed by atoms with Crippen LogP contribution in [0.15, 0.2) is 0 Å². The molecule has 0 N–H and O–H groups in total. The summed E-state index contributed by atoms with van der Waals surface area (Å²) in [7, 11) is -0.840. The van der Waals surface area contributed by atoms with Crippen molar-refractivity contribution in [2.45, 2.75) is 70.1 Å². The van der Waals surface area contributed by atoms with Crippen LogP contribution in [-0.2, 0) is 0 Å². The Kier molecular flexibility index (Phi) is 3.03. The predicted octanol–water partition coefficient (Wildman–Crippen LogP) is 4.44. The van der Waals surface area contributed by atoms with Crippen molar-refractivity contribution in [1.29, 1.82) is 0 Å². The molecule has 1 atom stereocenters. The molecule has 72 valence electrons. The Bertz CT molecular complexity index is 149. The molecule has 0 saturated carbocycles. The summed E-state index contributed by atoms with van der Waals surface area (Å²) < 4.78 is 0. The van der Waals surface area contributed by atoms with E-state index < -0.39 is 8.07 Å². The zero-order valence-corrected chi connectivity index (χ0v) is 10.2. The summed E-state index contributed by atoms with van der Waals surface area (Å²) >= 11 is 0. The average Bonchev–Trinajstić information content (AvgIpc) is 2.44. The topological polar surface area (TPSA) is 0 Å². The first-order chi connectivity index (χ1) is 5.64. The Morgan fingerprint density at radius 2 is 1.75 bits per heavy atom. The number of hydrogen-bond donors (Lipinski definition) is 0.